The number of carbonyl (C=O) groups is 1. The molecule has 0 aliphatic carbocycles. The molecule has 1 amide bonds. The standard InChI is InChI=1S/C17H22N2O4S/c20-8-10-23-14-11-22-9-7-12(14)18-16(21)5-6-17-19-13-3-1-2-4-15(13)24-17/h1-4,12,14,20H,5-11H2,(H,18,21)/t12-,14-/m1/s1. The van der Waals surface area contributed by atoms with Crippen molar-refractivity contribution in [3.8, 4) is 0 Å². The van der Waals surface area contributed by atoms with Gasteiger partial charge in [-0.05, 0) is 18.6 Å². The van der Waals surface area contributed by atoms with Gasteiger partial charge in [-0.15, -0.1) is 11.3 Å². The van der Waals surface area contributed by atoms with Crippen LogP contribution in [0, 0.1) is 0 Å². The SMILES string of the molecule is O=C(CCc1nc2ccccc2s1)N[C@@H]1CCOC[C@H]1OCCO. The molecular formula is C17H22N2O4S. The summed E-state index contributed by atoms with van der Waals surface area (Å²) in [5, 5.41) is 12.9. The molecule has 3 rings (SSSR count). The van der Waals surface area contributed by atoms with Crippen molar-refractivity contribution in [3.63, 3.8) is 0 Å². The summed E-state index contributed by atoms with van der Waals surface area (Å²) in [4.78, 5) is 16.8. The van der Waals surface area contributed by atoms with Crippen LogP contribution in [0.25, 0.3) is 10.2 Å². The van der Waals surface area contributed by atoms with Crippen LogP contribution in [0.2, 0.25) is 0 Å². The highest BCUT2D eigenvalue weighted by atomic mass is 32.1. The molecule has 7 heteroatoms. The Morgan fingerprint density at radius 3 is 3.17 bits per heavy atom. The van der Waals surface area contributed by atoms with E-state index in [0.717, 1.165) is 21.6 Å². The second-order valence-electron chi connectivity index (χ2n) is 5.75. The number of hydrogen-bond donors (Lipinski definition) is 2. The maximum atomic E-state index is 12.2. The third-order valence-electron chi connectivity index (χ3n) is 3.98. The van der Waals surface area contributed by atoms with E-state index in [1.807, 2.05) is 24.3 Å². The Hall–Kier alpha value is -1.54. The van der Waals surface area contributed by atoms with E-state index in [1.54, 1.807) is 11.3 Å². The lowest BCUT2D eigenvalue weighted by atomic mass is 10.1. The fraction of sp³-hybridized carbons (Fsp3) is 0.529. The molecule has 0 radical (unpaired) electrons. The van der Waals surface area contributed by atoms with Crippen LogP contribution in [-0.2, 0) is 20.7 Å². The highest BCUT2D eigenvalue weighted by molar-refractivity contribution is 7.18. The number of para-hydroxylation sites is 1. The van der Waals surface area contributed by atoms with E-state index in [0.29, 0.717) is 26.1 Å². The van der Waals surface area contributed by atoms with Gasteiger partial charge in [0.2, 0.25) is 5.91 Å². The smallest absolute Gasteiger partial charge is 0.220 e. The predicted molar refractivity (Wildman–Crippen MR) is 92.1 cm³/mol. The van der Waals surface area contributed by atoms with E-state index < -0.39 is 0 Å². The zero-order chi connectivity index (χ0) is 16.8. The molecule has 0 bridgehead atoms. The van der Waals surface area contributed by atoms with Crippen molar-refractivity contribution in [2.24, 2.45) is 0 Å². The number of benzene rings is 1. The summed E-state index contributed by atoms with van der Waals surface area (Å²) in [5.74, 6) is -0.00115. The average molecular weight is 350 g/mol. The normalized spacial score (nSPS) is 21.0. The topological polar surface area (TPSA) is 80.7 Å². The molecule has 1 aliphatic heterocycles. The lowest BCUT2D eigenvalue weighted by molar-refractivity contribution is -0.126. The van der Waals surface area contributed by atoms with Gasteiger partial charge < -0.3 is 19.9 Å². The maximum absolute atomic E-state index is 12.2. The first-order chi connectivity index (χ1) is 11.8. The number of amides is 1. The van der Waals surface area contributed by atoms with Crippen molar-refractivity contribution < 1.29 is 19.4 Å². The minimum atomic E-state index is -0.197. The van der Waals surface area contributed by atoms with Crippen LogP contribution in [0.1, 0.15) is 17.8 Å². The van der Waals surface area contributed by atoms with Crippen LogP contribution in [-0.4, -0.2) is 54.6 Å². The molecule has 1 aromatic carbocycles. The number of ether oxygens (including phenoxy) is 2. The largest absolute Gasteiger partial charge is 0.394 e. The highest BCUT2D eigenvalue weighted by Crippen LogP contribution is 2.22. The summed E-state index contributed by atoms with van der Waals surface area (Å²) in [6.45, 7) is 1.28. The summed E-state index contributed by atoms with van der Waals surface area (Å²) in [5.41, 5.74) is 0.986. The summed E-state index contributed by atoms with van der Waals surface area (Å²) in [7, 11) is 0. The van der Waals surface area contributed by atoms with E-state index >= 15 is 0 Å². The first-order valence-corrected chi connectivity index (χ1v) is 9.02. The monoisotopic (exact) mass is 350 g/mol. The Morgan fingerprint density at radius 1 is 1.46 bits per heavy atom. The zero-order valence-electron chi connectivity index (χ0n) is 13.4. The second kappa shape index (κ2) is 8.53. The summed E-state index contributed by atoms with van der Waals surface area (Å²) < 4.78 is 12.1. The molecule has 1 fully saturated rings. The molecule has 0 unspecified atom stereocenters. The van der Waals surface area contributed by atoms with Gasteiger partial charge in [0.05, 0.1) is 41.1 Å². The molecule has 1 saturated heterocycles. The molecule has 2 heterocycles. The molecule has 24 heavy (non-hydrogen) atoms. The fourth-order valence-corrected chi connectivity index (χ4v) is 3.74. The van der Waals surface area contributed by atoms with E-state index in [2.05, 4.69) is 10.3 Å². The van der Waals surface area contributed by atoms with Crippen LogP contribution in [0.4, 0.5) is 0 Å². The zero-order valence-corrected chi connectivity index (χ0v) is 14.3. The van der Waals surface area contributed by atoms with E-state index in [-0.39, 0.29) is 31.3 Å². The van der Waals surface area contributed by atoms with Gasteiger partial charge in [0.1, 0.15) is 6.10 Å². The van der Waals surface area contributed by atoms with E-state index in [1.165, 1.54) is 0 Å². The number of hydrogen-bond acceptors (Lipinski definition) is 6. The number of aliphatic hydroxyl groups excluding tert-OH is 1. The number of carbonyl (C=O) groups excluding carboxylic acids is 1. The van der Waals surface area contributed by atoms with Gasteiger partial charge >= 0.3 is 0 Å². The Morgan fingerprint density at radius 2 is 2.33 bits per heavy atom. The van der Waals surface area contributed by atoms with Gasteiger partial charge in [0.15, 0.2) is 0 Å². The lowest BCUT2D eigenvalue weighted by Gasteiger charge is -2.32. The van der Waals surface area contributed by atoms with Crippen LogP contribution < -0.4 is 5.32 Å². The number of rotatable bonds is 7. The minimum Gasteiger partial charge on any atom is -0.394 e. The van der Waals surface area contributed by atoms with Gasteiger partial charge in [0.25, 0.3) is 0 Å². The van der Waals surface area contributed by atoms with Gasteiger partial charge in [-0.25, -0.2) is 4.98 Å². The van der Waals surface area contributed by atoms with Crippen molar-refractivity contribution >= 4 is 27.5 Å². The summed E-state index contributed by atoms with van der Waals surface area (Å²) in [6.07, 6.45) is 1.57. The number of nitrogens with zero attached hydrogens (tertiary/aromatic N) is 1. The lowest BCUT2D eigenvalue weighted by Crippen LogP contribution is -2.50. The van der Waals surface area contributed by atoms with Crippen LogP contribution in [0.3, 0.4) is 0 Å². The Kier molecular flexibility index (Phi) is 6.14. The molecule has 2 aromatic rings. The van der Waals surface area contributed by atoms with Crippen LogP contribution in [0.15, 0.2) is 24.3 Å². The number of aryl methyl sites for hydroxylation is 1. The Balaban J connectivity index is 1.50. The molecule has 1 aromatic heterocycles. The van der Waals surface area contributed by atoms with E-state index in [4.69, 9.17) is 14.6 Å². The van der Waals surface area contributed by atoms with Crippen LogP contribution >= 0.6 is 11.3 Å². The number of nitrogens with one attached hydrogen (secondary N) is 1. The van der Waals surface area contributed by atoms with Gasteiger partial charge in [-0.3, -0.25) is 4.79 Å². The number of aliphatic hydroxyl groups is 1. The first kappa shape index (κ1) is 17.3. The third-order valence-corrected chi connectivity index (χ3v) is 5.07. The molecule has 0 saturated carbocycles. The second-order valence-corrected chi connectivity index (χ2v) is 6.86. The number of fused-ring (bicyclic) bond motifs is 1. The molecular weight excluding hydrogens is 328 g/mol. The maximum Gasteiger partial charge on any atom is 0.220 e. The fourth-order valence-electron chi connectivity index (χ4n) is 2.77. The van der Waals surface area contributed by atoms with Crippen molar-refractivity contribution in [1.29, 1.82) is 0 Å². The van der Waals surface area contributed by atoms with E-state index in [9.17, 15) is 4.79 Å². The summed E-state index contributed by atoms with van der Waals surface area (Å²) in [6, 6.07) is 7.93. The summed E-state index contributed by atoms with van der Waals surface area (Å²) >= 11 is 1.63. The van der Waals surface area contributed by atoms with Crippen molar-refractivity contribution in [3.05, 3.63) is 29.3 Å². The number of thiazole rings is 1. The molecule has 0 spiro atoms. The van der Waals surface area contributed by atoms with Gasteiger partial charge in [-0.2, -0.15) is 0 Å². The van der Waals surface area contributed by atoms with Crippen molar-refractivity contribution in [1.82, 2.24) is 10.3 Å². The molecule has 2 atom stereocenters. The molecule has 6 nitrogen and oxygen atoms in total. The third kappa shape index (κ3) is 4.51. The average Bonchev–Trinajstić information content (AvgIpc) is 3.02. The highest BCUT2D eigenvalue weighted by Gasteiger charge is 2.27. The van der Waals surface area contributed by atoms with Crippen molar-refractivity contribution in [2.75, 3.05) is 26.4 Å². The van der Waals surface area contributed by atoms with Crippen LogP contribution in [0.5, 0.6) is 0 Å². The van der Waals surface area contributed by atoms with Gasteiger partial charge in [0, 0.05) is 19.4 Å². The first-order valence-electron chi connectivity index (χ1n) is 8.20. The Labute approximate surface area is 144 Å². The Bertz CT molecular complexity index is 642. The number of aromatic nitrogens is 1. The van der Waals surface area contributed by atoms with Crippen molar-refractivity contribution in [2.45, 2.75) is 31.4 Å². The molecule has 1 aliphatic rings. The van der Waals surface area contributed by atoms with Gasteiger partial charge in [-0.1, -0.05) is 12.1 Å². The molecule has 130 valence electrons. The molecule has 2 N–H and O–H groups in total. The minimum absolute atomic E-state index is 0.00115. The quantitative estimate of drug-likeness (QED) is 0.791. The predicted octanol–water partition coefficient (Wildman–Crippen LogP) is 1.51.